The van der Waals surface area contributed by atoms with Crippen molar-refractivity contribution < 1.29 is 4.74 Å². The molecule has 4 heteroatoms. The molecule has 1 aliphatic heterocycles. The smallest absolute Gasteiger partial charge is 0.175 e. The summed E-state index contributed by atoms with van der Waals surface area (Å²) in [6.45, 7) is 0.501. The monoisotopic (exact) mass is 135 g/mol. The van der Waals surface area contributed by atoms with E-state index in [4.69, 9.17) is 4.74 Å². The minimum absolute atomic E-state index is 0.501. The maximum Gasteiger partial charge on any atom is 0.175 e. The van der Waals surface area contributed by atoms with Crippen molar-refractivity contribution in [3.63, 3.8) is 0 Å². The summed E-state index contributed by atoms with van der Waals surface area (Å²) in [6, 6.07) is 0. The highest BCUT2D eigenvalue weighted by molar-refractivity contribution is 5.58. The largest absolute Gasteiger partial charge is 0.477 e. The normalized spacial score (nSPS) is 14.0. The Labute approximate surface area is 57.6 Å². The molecule has 0 N–H and O–H groups in total. The Bertz CT molecular complexity index is 271. The third kappa shape index (κ3) is 0.737. The molecule has 0 radical (unpaired) electrons. The number of hydrogen-bond donors (Lipinski definition) is 0. The standard InChI is InChI=1S/C6H5N3O/c1-5-6(8-3-7-1)2-10-4-9-5/h1,3-4H,2H2. The van der Waals surface area contributed by atoms with E-state index in [1.54, 1.807) is 6.20 Å². The lowest BCUT2D eigenvalue weighted by Crippen LogP contribution is -1.99. The number of fused-ring (bicyclic) bond motifs is 1. The Morgan fingerprint density at radius 2 is 2.50 bits per heavy atom. The van der Waals surface area contributed by atoms with Gasteiger partial charge in [-0.25, -0.2) is 15.0 Å². The molecule has 0 amide bonds. The van der Waals surface area contributed by atoms with Gasteiger partial charge in [-0.2, -0.15) is 0 Å². The van der Waals surface area contributed by atoms with Crippen LogP contribution < -0.4 is 0 Å². The Hall–Kier alpha value is -1.45. The van der Waals surface area contributed by atoms with Crippen LogP contribution in [0.1, 0.15) is 5.69 Å². The van der Waals surface area contributed by atoms with Gasteiger partial charge in [0.2, 0.25) is 0 Å². The Morgan fingerprint density at radius 3 is 3.40 bits per heavy atom. The summed E-state index contributed by atoms with van der Waals surface area (Å²) in [7, 11) is 0. The maximum absolute atomic E-state index is 4.91. The molecule has 1 aromatic heterocycles. The molecule has 1 aromatic rings. The molecule has 0 bridgehead atoms. The molecule has 50 valence electrons. The summed E-state index contributed by atoms with van der Waals surface area (Å²) < 4.78 is 4.91. The van der Waals surface area contributed by atoms with Crippen molar-refractivity contribution in [1.82, 2.24) is 9.97 Å². The van der Waals surface area contributed by atoms with E-state index in [1.807, 2.05) is 0 Å². The Balaban J connectivity index is 2.54. The summed E-state index contributed by atoms with van der Waals surface area (Å²) in [6.07, 6.45) is 4.57. The highest BCUT2D eigenvalue weighted by Crippen LogP contribution is 2.17. The van der Waals surface area contributed by atoms with Crippen molar-refractivity contribution in [2.75, 3.05) is 0 Å². The lowest BCUT2D eigenvalue weighted by molar-refractivity contribution is 0.297. The lowest BCUT2D eigenvalue weighted by Gasteiger charge is -2.06. The minimum Gasteiger partial charge on any atom is -0.477 e. The summed E-state index contributed by atoms with van der Waals surface area (Å²) in [5.41, 5.74) is 1.64. The van der Waals surface area contributed by atoms with Crippen molar-refractivity contribution in [2.24, 2.45) is 4.99 Å². The minimum atomic E-state index is 0.501. The second-order valence-corrected chi connectivity index (χ2v) is 1.90. The number of hydrogen-bond acceptors (Lipinski definition) is 4. The SMILES string of the molecule is C1=Nc2cncnc2CO1. The van der Waals surface area contributed by atoms with Crippen LogP contribution in [0.25, 0.3) is 0 Å². The Kier molecular flexibility index (Phi) is 1.10. The van der Waals surface area contributed by atoms with Crippen LogP contribution in [0, 0.1) is 0 Å². The topological polar surface area (TPSA) is 47.4 Å². The highest BCUT2D eigenvalue weighted by Gasteiger charge is 2.05. The molecule has 0 spiro atoms. The number of ether oxygens (including phenoxy) is 1. The molecular weight excluding hydrogens is 130 g/mol. The molecule has 10 heavy (non-hydrogen) atoms. The predicted octanol–water partition coefficient (Wildman–Crippen LogP) is 0.667. The predicted molar refractivity (Wildman–Crippen MR) is 35.0 cm³/mol. The first kappa shape index (κ1) is 5.34. The van der Waals surface area contributed by atoms with E-state index in [0.29, 0.717) is 6.61 Å². The number of rotatable bonds is 0. The lowest BCUT2D eigenvalue weighted by atomic mass is 10.3. The van der Waals surface area contributed by atoms with Crippen molar-refractivity contribution in [2.45, 2.75) is 6.61 Å². The first-order chi connectivity index (χ1) is 4.97. The number of nitrogens with zero attached hydrogens (tertiary/aromatic N) is 3. The average molecular weight is 135 g/mol. The highest BCUT2D eigenvalue weighted by atomic mass is 16.5. The van der Waals surface area contributed by atoms with Crippen molar-refractivity contribution in [1.29, 1.82) is 0 Å². The van der Waals surface area contributed by atoms with Crippen LogP contribution in [0.15, 0.2) is 17.5 Å². The molecule has 1 aliphatic rings. The van der Waals surface area contributed by atoms with Gasteiger partial charge in [0.25, 0.3) is 0 Å². The molecule has 0 saturated heterocycles. The maximum atomic E-state index is 4.91. The van der Waals surface area contributed by atoms with E-state index in [2.05, 4.69) is 15.0 Å². The Morgan fingerprint density at radius 1 is 1.50 bits per heavy atom. The van der Waals surface area contributed by atoms with Gasteiger partial charge in [-0.3, -0.25) is 0 Å². The van der Waals surface area contributed by atoms with E-state index < -0.39 is 0 Å². The van der Waals surface area contributed by atoms with E-state index in [0.717, 1.165) is 11.4 Å². The summed E-state index contributed by atoms with van der Waals surface area (Å²) in [5.74, 6) is 0. The van der Waals surface area contributed by atoms with Crippen LogP contribution >= 0.6 is 0 Å². The first-order valence-electron chi connectivity index (χ1n) is 2.90. The summed E-state index contributed by atoms with van der Waals surface area (Å²) in [4.78, 5) is 11.7. The molecular formula is C6H5N3O. The molecule has 0 aliphatic carbocycles. The molecule has 0 aromatic carbocycles. The third-order valence-electron chi connectivity index (χ3n) is 1.26. The van der Waals surface area contributed by atoms with Gasteiger partial charge in [-0.15, -0.1) is 0 Å². The molecule has 0 atom stereocenters. The van der Waals surface area contributed by atoms with Gasteiger partial charge in [0.15, 0.2) is 6.40 Å². The van der Waals surface area contributed by atoms with Gasteiger partial charge in [-0.1, -0.05) is 0 Å². The molecule has 2 heterocycles. The zero-order valence-electron chi connectivity index (χ0n) is 5.19. The second-order valence-electron chi connectivity index (χ2n) is 1.90. The van der Waals surface area contributed by atoms with Gasteiger partial charge in [-0.05, 0) is 0 Å². The summed E-state index contributed by atoms with van der Waals surface area (Å²) >= 11 is 0. The molecule has 0 saturated carbocycles. The van der Waals surface area contributed by atoms with Gasteiger partial charge in [0.05, 0.1) is 6.20 Å². The van der Waals surface area contributed by atoms with Crippen LogP contribution in [0.5, 0.6) is 0 Å². The molecule has 2 rings (SSSR count). The van der Waals surface area contributed by atoms with E-state index in [-0.39, 0.29) is 0 Å². The fourth-order valence-corrected chi connectivity index (χ4v) is 0.777. The zero-order valence-corrected chi connectivity index (χ0v) is 5.19. The molecule has 0 fully saturated rings. The van der Waals surface area contributed by atoms with Crippen molar-refractivity contribution >= 4 is 12.1 Å². The third-order valence-corrected chi connectivity index (χ3v) is 1.26. The number of aliphatic imine (C=N–C) groups is 1. The molecule has 0 unspecified atom stereocenters. The van der Waals surface area contributed by atoms with E-state index in [9.17, 15) is 0 Å². The van der Waals surface area contributed by atoms with Gasteiger partial charge < -0.3 is 4.74 Å². The van der Waals surface area contributed by atoms with Crippen LogP contribution in [-0.2, 0) is 11.3 Å². The van der Waals surface area contributed by atoms with Gasteiger partial charge >= 0.3 is 0 Å². The second kappa shape index (κ2) is 2.06. The van der Waals surface area contributed by atoms with Crippen LogP contribution in [0.4, 0.5) is 5.69 Å². The van der Waals surface area contributed by atoms with Gasteiger partial charge in [0, 0.05) is 0 Å². The first-order valence-corrected chi connectivity index (χ1v) is 2.90. The van der Waals surface area contributed by atoms with Crippen LogP contribution in [0.3, 0.4) is 0 Å². The fraction of sp³-hybridized carbons (Fsp3) is 0.167. The number of aromatic nitrogens is 2. The summed E-state index contributed by atoms with van der Waals surface area (Å²) in [5, 5.41) is 0. The van der Waals surface area contributed by atoms with Crippen molar-refractivity contribution in [3.05, 3.63) is 18.2 Å². The molecule has 4 nitrogen and oxygen atoms in total. The van der Waals surface area contributed by atoms with E-state index >= 15 is 0 Å². The fourth-order valence-electron chi connectivity index (χ4n) is 0.777. The van der Waals surface area contributed by atoms with Crippen LogP contribution in [-0.4, -0.2) is 16.4 Å². The average Bonchev–Trinajstić information content (AvgIpc) is 2.05. The zero-order chi connectivity index (χ0) is 6.81. The van der Waals surface area contributed by atoms with Gasteiger partial charge in [0.1, 0.15) is 24.3 Å². The quantitative estimate of drug-likeness (QED) is 0.525. The van der Waals surface area contributed by atoms with E-state index in [1.165, 1.54) is 12.7 Å². The van der Waals surface area contributed by atoms with Crippen LogP contribution in [0.2, 0.25) is 0 Å². The van der Waals surface area contributed by atoms with Crippen molar-refractivity contribution in [3.8, 4) is 0 Å².